The van der Waals surface area contributed by atoms with E-state index < -0.39 is 0 Å². The first-order valence-corrected chi connectivity index (χ1v) is 10.7. The van der Waals surface area contributed by atoms with Gasteiger partial charge in [-0.2, -0.15) is 0 Å². The van der Waals surface area contributed by atoms with Crippen LogP contribution < -0.4 is 4.74 Å². The third kappa shape index (κ3) is 4.66. The second-order valence-electron chi connectivity index (χ2n) is 8.39. The Hall–Kier alpha value is -2.83. The van der Waals surface area contributed by atoms with Gasteiger partial charge in [-0.15, -0.1) is 0 Å². The summed E-state index contributed by atoms with van der Waals surface area (Å²) < 4.78 is 11.1. The van der Waals surface area contributed by atoms with E-state index in [1.165, 1.54) is 11.1 Å². The summed E-state index contributed by atoms with van der Waals surface area (Å²) in [7, 11) is 0. The molecule has 1 aromatic heterocycles. The molecule has 0 spiro atoms. The molecule has 2 aliphatic heterocycles. The van der Waals surface area contributed by atoms with Gasteiger partial charge in [0.2, 0.25) is 5.91 Å². The van der Waals surface area contributed by atoms with E-state index >= 15 is 0 Å². The quantitative estimate of drug-likeness (QED) is 0.729. The predicted octanol–water partition coefficient (Wildman–Crippen LogP) is 3.35. The van der Waals surface area contributed by atoms with Gasteiger partial charge in [0.05, 0.1) is 0 Å². The van der Waals surface area contributed by atoms with Gasteiger partial charge in [-0.1, -0.05) is 11.2 Å². The Morgan fingerprint density at radius 1 is 1.17 bits per heavy atom. The van der Waals surface area contributed by atoms with Gasteiger partial charge in [-0.25, -0.2) is 0 Å². The van der Waals surface area contributed by atoms with Gasteiger partial charge in [0, 0.05) is 38.7 Å². The molecule has 2 aliphatic rings. The molecule has 2 fully saturated rings. The predicted molar refractivity (Wildman–Crippen MR) is 111 cm³/mol. The summed E-state index contributed by atoms with van der Waals surface area (Å²) in [6.07, 6.45) is 3.48. The van der Waals surface area contributed by atoms with Gasteiger partial charge in [0.1, 0.15) is 12.4 Å². The van der Waals surface area contributed by atoms with Crippen LogP contribution in [0.25, 0.3) is 0 Å². The number of ether oxygens (including phenoxy) is 1. The highest BCUT2D eigenvalue weighted by Gasteiger charge is 2.29. The standard InChI is InChI=1S/C23H29N3O4/c1-16-5-6-19(12-17(16)2)29-15-20-13-21(24-30-20)23(28)25-10-7-18(8-11-25)14-26-9-3-4-22(26)27/h5-6,12-13,18H,3-4,7-11,14-15H2,1-2H3. The molecule has 0 radical (unpaired) electrons. The van der Waals surface area contributed by atoms with E-state index in [-0.39, 0.29) is 18.4 Å². The summed E-state index contributed by atoms with van der Waals surface area (Å²) in [5.74, 6) is 1.92. The number of benzene rings is 1. The number of likely N-dealkylation sites (tertiary alicyclic amines) is 2. The molecule has 7 nitrogen and oxygen atoms in total. The zero-order chi connectivity index (χ0) is 21.1. The summed E-state index contributed by atoms with van der Waals surface area (Å²) in [6.45, 7) is 7.41. The van der Waals surface area contributed by atoms with Crippen LogP contribution in [0.4, 0.5) is 0 Å². The third-order valence-corrected chi connectivity index (χ3v) is 6.19. The van der Waals surface area contributed by atoms with Gasteiger partial charge in [-0.05, 0) is 62.3 Å². The van der Waals surface area contributed by atoms with Crippen molar-refractivity contribution in [1.82, 2.24) is 15.0 Å². The maximum Gasteiger partial charge on any atom is 0.276 e. The molecule has 3 heterocycles. The molecule has 0 N–H and O–H groups in total. The third-order valence-electron chi connectivity index (χ3n) is 6.19. The second-order valence-corrected chi connectivity index (χ2v) is 8.39. The molecule has 160 valence electrons. The minimum atomic E-state index is -0.105. The lowest BCUT2D eigenvalue weighted by atomic mass is 9.96. The zero-order valence-electron chi connectivity index (χ0n) is 17.7. The Kier molecular flexibility index (Phi) is 6.06. The highest BCUT2D eigenvalue weighted by molar-refractivity contribution is 5.92. The van der Waals surface area contributed by atoms with Crippen molar-refractivity contribution in [3.63, 3.8) is 0 Å². The van der Waals surface area contributed by atoms with Crippen LogP contribution in [0.5, 0.6) is 5.75 Å². The Labute approximate surface area is 177 Å². The van der Waals surface area contributed by atoms with Crippen LogP contribution in [0, 0.1) is 19.8 Å². The van der Waals surface area contributed by atoms with Crippen LogP contribution in [0.15, 0.2) is 28.8 Å². The number of nitrogens with zero attached hydrogens (tertiary/aromatic N) is 3. The maximum absolute atomic E-state index is 12.8. The average molecular weight is 412 g/mol. The monoisotopic (exact) mass is 411 g/mol. The van der Waals surface area contributed by atoms with E-state index in [1.807, 2.05) is 34.9 Å². The first-order chi connectivity index (χ1) is 14.5. The molecule has 4 rings (SSSR count). The highest BCUT2D eigenvalue weighted by Crippen LogP contribution is 2.23. The van der Waals surface area contributed by atoms with Crippen molar-refractivity contribution < 1.29 is 18.8 Å². The lowest BCUT2D eigenvalue weighted by Gasteiger charge is -2.33. The van der Waals surface area contributed by atoms with E-state index in [2.05, 4.69) is 12.1 Å². The van der Waals surface area contributed by atoms with Gasteiger partial charge in [0.25, 0.3) is 5.91 Å². The number of piperidine rings is 1. The molecule has 0 unspecified atom stereocenters. The lowest BCUT2D eigenvalue weighted by molar-refractivity contribution is -0.128. The van der Waals surface area contributed by atoms with Crippen molar-refractivity contribution in [2.75, 3.05) is 26.2 Å². The number of hydrogen-bond acceptors (Lipinski definition) is 5. The van der Waals surface area contributed by atoms with Crippen LogP contribution in [0.3, 0.4) is 0 Å². The summed E-state index contributed by atoms with van der Waals surface area (Å²) >= 11 is 0. The number of rotatable bonds is 6. The molecule has 0 saturated carbocycles. The fourth-order valence-corrected chi connectivity index (χ4v) is 4.13. The Morgan fingerprint density at radius 2 is 1.97 bits per heavy atom. The summed E-state index contributed by atoms with van der Waals surface area (Å²) in [6, 6.07) is 7.59. The normalized spacial score (nSPS) is 17.6. The molecule has 0 atom stereocenters. The van der Waals surface area contributed by atoms with E-state index in [0.29, 0.717) is 36.9 Å². The largest absolute Gasteiger partial charge is 0.486 e. The fourth-order valence-electron chi connectivity index (χ4n) is 4.13. The van der Waals surface area contributed by atoms with Crippen molar-refractivity contribution >= 4 is 11.8 Å². The number of hydrogen-bond donors (Lipinski definition) is 0. The van der Waals surface area contributed by atoms with Crippen LogP contribution in [0.2, 0.25) is 0 Å². The van der Waals surface area contributed by atoms with E-state index in [1.54, 1.807) is 6.07 Å². The minimum absolute atomic E-state index is 0.105. The van der Waals surface area contributed by atoms with Crippen molar-refractivity contribution in [1.29, 1.82) is 0 Å². The highest BCUT2D eigenvalue weighted by atomic mass is 16.5. The van der Waals surface area contributed by atoms with E-state index in [9.17, 15) is 9.59 Å². The molecule has 1 aromatic carbocycles. The Morgan fingerprint density at radius 3 is 2.67 bits per heavy atom. The van der Waals surface area contributed by atoms with Gasteiger partial charge >= 0.3 is 0 Å². The maximum atomic E-state index is 12.8. The van der Waals surface area contributed by atoms with E-state index in [0.717, 1.165) is 38.1 Å². The summed E-state index contributed by atoms with van der Waals surface area (Å²) in [5, 5.41) is 3.95. The molecule has 0 aliphatic carbocycles. The molecule has 2 amide bonds. The first-order valence-electron chi connectivity index (χ1n) is 10.7. The van der Waals surface area contributed by atoms with Crippen LogP contribution in [0.1, 0.15) is 53.1 Å². The van der Waals surface area contributed by atoms with Gasteiger partial charge < -0.3 is 19.1 Å². The van der Waals surface area contributed by atoms with Gasteiger partial charge in [0.15, 0.2) is 11.5 Å². The van der Waals surface area contributed by atoms with Gasteiger partial charge in [-0.3, -0.25) is 9.59 Å². The Bertz CT molecular complexity index is 915. The summed E-state index contributed by atoms with van der Waals surface area (Å²) in [5.41, 5.74) is 2.70. The second kappa shape index (κ2) is 8.90. The Balaban J connectivity index is 1.26. The molecule has 7 heteroatoms. The van der Waals surface area contributed by atoms with Crippen molar-refractivity contribution in [2.45, 2.75) is 46.1 Å². The zero-order valence-corrected chi connectivity index (χ0v) is 17.7. The van der Waals surface area contributed by atoms with E-state index in [4.69, 9.17) is 9.26 Å². The fraction of sp³-hybridized carbons (Fsp3) is 0.522. The SMILES string of the molecule is Cc1ccc(OCc2cc(C(=O)N3CCC(CN4CCCC4=O)CC3)no2)cc1C. The lowest BCUT2D eigenvalue weighted by Crippen LogP contribution is -2.42. The number of aromatic nitrogens is 1. The smallest absolute Gasteiger partial charge is 0.276 e. The van der Waals surface area contributed by atoms with Crippen LogP contribution >= 0.6 is 0 Å². The number of amides is 2. The van der Waals surface area contributed by atoms with Crippen LogP contribution in [-0.4, -0.2) is 52.9 Å². The molecule has 0 bridgehead atoms. The van der Waals surface area contributed by atoms with Crippen molar-refractivity contribution in [3.8, 4) is 5.75 Å². The minimum Gasteiger partial charge on any atom is -0.486 e. The summed E-state index contributed by atoms with van der Waals surface area (Å²) in [4.78, 5) is 28.4. The van der Waals surface area contributed by atoms with Crippen LogP contribution in [-0.2, 0) is 11.4 Å². The average Bonchev–Trinajstić information content (AvgIpc) is 3.38. The number of aryl methyl sites for hydroxylation is 2. The molecule has 30 heavy (non-hydrogen) atoms. The molecular formula is C23H29N3O4. The molecule has 2 aromatic rings. The molecular weight excluding hydrogens is 382 g/mol. The molecule has 2 saturated heterocycles. The first kappa shape index (κ1) is 20.4. The van der Waals surface area contributed by atoms with Crippen molar-refractivity contribution in [3.05, 3.63) is 46.8 Å². The number of carbonyl (C=O) groups is 2. The topological polar surface area (TPSA) is 75.9 Å². The van der Waals surface area contributed by atoms with Crippen molar-refractivity contribution in [2.24, 2.45) is 5.92 Å². The number of carbonyl (C=O) groups excluding carboxylic acids is 2.